The van der Waals surface area contributed by atoms with Gasteiger partial charge in [-0.3, -0.25) is 4.79 Å². The van der Waals surface area contributed by atoms with E-state index in [1.165, 1.54) is 12.8 Å². The number of nitrogens with one attached hydrogen (secondary N) is 2. The quantitative estimate of drug-likeness (QED) is 0.665. The number of carbonyl (C=O) groups is 1. The molecule has 1 aliphatic rings. The van der Waals surface area contributed by atoms with E-state index in [0.29, 0.717) is 19.2 Å². The molecule has 2 N–H and O–H groups in total. The molecule has 0 aliphatic heterocycles. The third kappa shape index (κ3) is 4.10. The number of amides is 1. The summed E-state index contributed by atoms with van der Waals surface area (Å²) in [5, 5.41) is 6.15. The fraction of sp³-hybridized carbons (Fsp3) is 0.917. The van der Waals surface area contributed by atoms with Crippen LogP contribution in [0.4, 0.5) is 0 Å². The molecular formula is C12H24N2O2. The van der Waals surface area contributed by atoms with Crippen LogP contribution in [0.1, 0.15) is 33.1 Å². The molecule has 0 spiro atoms. The highest BCUT2D eigenvalue weighted by Crippen LogP contribution is 2.36. The third-order valence-corrected chi connectivity index (χ3v) is 3.36. The van der Waals surface area contributed by atoms with E-state index < -0.39 is 0 Å². The lowest BCUT2D eigenvalue weighted by atomic mass is 9.87. The van der Waals surface area contributed by atoms with E-state index in [1.807, 2.05) is 0 Å². The van der Waals surface area contributed by atoms with Gasteiger partial charge in [-0.15, -0.1) is 0 Å². The molecule has 0 aromatic rings. The Bertz CT molecular complexity index is 229. The topological polar surface area (TPSA) is 50.4 Å². The summed E-state index contributed by atoms with van der Waals surface area (Å²) in [6.07, 6.45) is 3.53. The first-order valence-electron chi connectivity index (χ1n) is 6.05. The van der Waals surface area contributed by atoms with Crippen molar-refractivity contribution in [2.75, 3.05) is 26.8 Å². The molecule has 4 heteroatoms. The molecule has 1 amide bonds. The van der Waals surface area contributed by atoms with E-state index in [2.05, 4.69) is 24.5 Å². The molecule has 16 heavy (non-hydrogen) atoms. The van der Waals surface area contributed by atoms with Gasteiger partial charge in [-0.05, 0) is 18.3 Å². The lowest BCUT2D eigenvalue weighted by Crippen LogP contribution is -2.45. The van der Waals surface area contributed by atoms with Gasteiger partial charge in [-0.25, -0.2) is 0 Å². The van der Waals surface area contributed by atoms with Crippen LogP contribution in [0, 0.1) is 5.41 Å². The molecule has 4 nitrogen and oxygen atoms in total. The first-order chi connectivity index (χ1) is 7.56. The third-order valence-electron chi connectivity index (χ3n) is 3.36. The SMILES string of the molecule is COCCNCC(=O)NC1CCCC1(C)C. The van der Waals surface area contributed by atoms with Crippen molar-refractivity contribution in [3.05, 3.63) is 0 Å². The normalized spacial score (nSPS) is 23.3. The Morgan fingerprint density at radius 3 is 2.81 bits per heavy atom. The van der Waals surface area contributed by atoms with Gasteiger partial charge in [0, 0.05) is 19.7 Å². The Labute approximate surface area is 98.1 Å². The molecule has 0 aromatic heterocycles. The van der Waals surface area contributed by atoms with Crippen LogP contribution in [0.3, 0.4) is 0 Å². The second-order valence-corrected chi connectivity index (χ2v) is 5.17. The van der Waals surface area contributed by atoms with Gasteiger partial charge in [-0.2, -0.15) is 0 Å². The van der Waals surface area contributed by atoms with Crippen molar-refractivity contribution in [2.24, 2.45) is 5.41 Å². The van der Waals surface area contributed by atoms with Crippen LogP contribution >= 0.6 is 0 Å². The maximum atomic E-state index is 11.6. The van der Waals surface area contributed by atoms with Crippen molar-refractivity contribution in [1.82, 2.24) is 10.6 Å². The summed E-state index contributed by atoms with van der Waals surface area (Å²) >= 11 is 0. The standard InChI is InChI=1S/C12H24N2O2/c1-12(2)6-4-5-10(12)14-11(15)9-13-7-8-16-3/h10,13H,4-9H2,1-3H3,(H,14,15). The van der Waals surface area contributed by atoms with Gasteiger partial charge in [0.15, 0.2) is 0 Å². The fourth-order valence-electron chi connectivity index (χ4n) is 2.22. The molecule has 0 radical (unpaired) electrons. The van der Waals surface area contributed by atoms with Crippen LogP contribution in [-0.2, 0) is 9.53 Å². The zero-order chi connectivity index (χ0) is 12.0. The molecule has 1 unspecified atom stereocenters. The van der Waals surface area contributed by atoms with E-state index in [9.17, 15) is 4.79 Å². The Morgan fingerprint density at radius 2 is 2.25 bits per heavy atom. The molecule has 0 saturated heterocycles. The molecule has 94 valence electrons. The van der Waals surface area contributed by atoms with Crippen LogP contribution in [0.15, 0.2) is 0 Å². The summed E-state index contributed by atoms with van der Waals surface area (Å²) in [5.41, 5.74) is 0.252. The first kappa shape index (κ1) is 13.5. The monoisotopic (exact) mass is 228 g/mol. The van der Waals surface area contributed by atoms with E-state index in [0.717, 1.165) is 13.0 Å². The Kier molecular flexibility index (Phi) is 5.22. The molecule has 0 aromatic carbocycles. The van der Waals surface area contributed by atoms with Crippen LogP contribution in [0.25, 0.3) is 0 Å². The first-order valence-corrected chi connectivity index (χ1v) is 6.05. The van der Waals surface area contributed by atoms with E-state index in [-0.39, 0.29) is 11.3 Å². The highest BCUT2D eigenvalue weighted by Gasteiger charge is 2.35. The van der Waals surface area contributed by atoms with Crippen LogP contribution in [0.5, 0.6) is 0 Å². The van der Waals surface area contributed by atoms with Crippen molar-refractivity contribution in [3.63, 3.8) is 0 Å². The van der Waals surface area contributed by atoms with Crippen LogP contribution in [-0.4, -0.2) is 38.8 Å². The summed E-state index contributed by atoms with van der Waals surface area (Å²) in [5.74, 6) is 0.0936. The molecule has 1 saturated carbocycles. The minimum absolute atomic E-state index is 0.0936. The Hall–Kier alpha value is -0.610. The zero-order valence-corrected chi connectivity index (χ0v) is 10.6. The molecule has 0 heterocycles. The van der Waals surface area contributed by atoms with Crippen molar-refractivity contribution < 1.29 is 9.53 Å². The lowest BCUT2D eigenvalue weighted by Gasteiger charge is -2.27. The van der Waals surface area contributed by atoms with Gasteiger partial charge in [0.05, 0.1) is 13.2 Å². The minimum Gasteiger partial charge on any atom is -0.383 e. The molecule has 1 fully saturated rings. The van der Waals surface area contributed by atoms with Crippen molar-refractivity contribution in [3.8, 4) is 0 Å². The van der Waals surface area contributed by atoms with Gasteiger partial charge in [0.2, 0.25) is 5.91 Å². The number of ether oxygens (including phenoxy) is 1. The number of carbonyl (C=O) groups excluding carboxylic acids is 1. The average Bonchev–Trinajstić information content (AvgIpc) is 2.53. The smallest absolute Gasteiger partial charge is 0.234 e. The molecular weight excluding hydrogens is 204 g/mol. The number of rotatable bonds is 6. The summed E-state index contributed by atoms with van der Waals surface area (Å²) in [6, 6.07) is 0.337. The van der Waals surface area contributed by atoms with E-state index >= 15 is 0 Å². The number of methoxy groups -OCH3 is 1. The largest absolute Gasteiger partial charge is 0.383 e. The van der Waals surface area contributed by atoms with Gasteiger partial charge < -0.3 is 15.4 Å². The summed E-state index contributed by atoms with van der Waals surface area (Å²) < 4.78 is 4.90. The van der Waals surface area contributed by atoms with Crippen molar-refractivity contribution in [2.45, 2.75) is 39.2 Å². The minimum atomic E-state index is 0.0936. The van der Waals surface area contributed by atoms with Crippen LogP contribution < -0.4 is 10.6 Å². The summed E-state index contributed by atoms with van der Waals surface area (Å²) in [6.45, 7) is 6.20. The van der Waals surface area contributed by atoms with Crippen LogP contribution in [0.2, 0.25) is 0 Å². The predicted molar refractivity (Wildman–Crippen MR) is 64.3 cm³/mol. The molecule has 1 rings (SSSR count). The van der Waals surface area contributed by atoms with Crippen molar-refractivity contribution in [1.29, 1.82) is 0 Å². The number of hydrogen-bond acceptors (Lipinski definition) is 3. The van der Waals surface area contributed by atoms with E-state index in [4.69, 9.17) is 4.74 Å². The zero-order valence-electron chi connectivity index (χ0n) is 10.6. The summed E-state index contributed by atoms with van der Waals surface area (Å²) in [4.78, 5) is 11.6. The Balaban J connectivity index is 2.19. The van der Waals surface area contributed by atoms with Gasteiger partial charge in [0.1, 0.15) is 0 Å². The Morgan fingerprint density at radius 1 is 1.50 bits per heavy atom. The lowest BCUT2D eigenvalue weighted by molar-refractivity contribution is -0.121. The highest BCUT2D eigenvalue weighted by molar-refractivity contribution is 5.78. The second-order valence-electron chi connectivity index (χ2n) is 5.17. The fourth-order valence-corrected chi connectivity index (χ4v) is 2.22. The second kappa shape index (κ2) is 6.21. The average molecular weight is 228 g/mol. The van der Waals surface area contributed by atoms with E-state index in [1.54, 1.807) is 7.11 Å². The predicted octanol–water partition coefficient (Wildman–Crippen LogP) is 0.917. The summed E-state index contributed by atoms with van der Waals surface area (Å²) in [7, 11) is 1.66. The maximum Gasteiger partial charge on any atom is 0.234 e. The van der Waals surface area contributed by atoms with Gasteiger partial charge >= 0.3 is 0 Å². The number of hydrogen-bond donors (Lipinski definition) is 2. The molecule has 1 aliphatic carbocycles. The van der Waals surface area contributed by atoms with Gasteiger partial charge in [0.25, 0.3) is 0 Å². The molecule has 1 atom stereocenters. The van der Waals surface area contributed by atoms with Crippen molar-refractivity contribution >= 4 is 5.91 Å². The maximum absolute atomic E-state index is 11.6. The highest BCUT2D eigenvalue weighted by atomic mass is 16.5. The van der Waals surface area contributed by atoms with Gasteiger partial charge in [-0.1, -0.05) is 20.3 Å². The molecule has 0 bridgehead atoms.